The highest BCUT2D eigenvalue weighted by Crippen LogP contribution is 2.29. The Morgan fingerprint density at radius 1 is 1.64 bits per heavy atom. The molecule has 1 heterocycles. The molecule has 0 aliphatic rings. The Labute approximate surface area is 90.8 Å². The first-order valence-corrected chi connectivity index (χ1v) is 4.48. The average molecular weight is 286 g/mol. The van der Waals surface area contributed by atoms with Crippen molar-refractivity contribution in [2.45, 2.75) is 6.43 Å². The molecule has 0 aliphatic carbocycles. The minimum absolute atomic E-state index is 0.0747. The Morgan fingerprint density at radius 3 is 2.64 bits per heavy atom. The van der Waals surface area contributed by atoms with Gasteiger partial charge in [0.1, 0.15) is 10.8 Å². The zero-order valence-electron chi connectivity index (χ0n) is 6.47. The number of carboxylic acid groups (broad SMARTS) is 1. The number of pyridine rings is 1. The van der Waals surface area contributed by atoms with E-state index in [1.165, 1.54) is 0 Å². The molecule has 0 bridgehead atoms. The van der Waals surface area contributed by atoms with Crippen molar-refractivity contribution < 1.29 is 18.7 Å². The van der Waals surface area contributed by atoms with Crippen molar-refractivity contribution in [2.24, 2.45) is 0 Å². The number of halogens is 4. The predicted molar refractivity (Wildman–Crippen MR) is 48.9 cm³/mol. The van der Waals surface area contributed by atoms with E-state index in [0.717, 1.165) is 6.07 Å². The summed E-state index contributed by atoms with van der Waals surface area (Å²) in [6.07, 6.45) is -2.80. The third-order valence-electron chi connectivity index (χ3n) is 1.39. The highest BCUT2D eigenvalue weighted by Gasteiger charge is 2.19. The number of nitrogens with zero attached hydrogens (tertiary/aromatic N) is 1. The normalized spacial score (nSPS) is 10.6. The lowest BCUT2D eigenvalue weighted by Crippen LogP contribution is -2.02. The molecular weight excluding hydrogens is 283 g/mol. The minimum atomic E-state index is -2.80. The summed E-state index contributed by atoms with van der Waals surface area (Å²) in [5.74, 6) is -1.32. The molecule has 0 spiro atoms. The number of hydrogen-bond donors (Lipinski definition) is 1. The van der Waals surface area contributed by atoms with Crippen LogP contribution >= 0.6 is 27.5 Å². The molecule has 0 unspecified atom stereocenters. The lowest BCUT2D eigenvalue weighted by atomic mass is 10.2. The van der Waals surface area contributed by atoms with E-state index in [1.807, 2.05) is 0 Å². The van der Waals surface area contributed by atoms with Gasteiger partial charge in [0.15, 0.2) is 0 Å². The van der Waals surface area contributed by atoms with Crippen molar-refractivity contribution in [1.82, 2.24) is 4.98 Å². The largest absolute Gasteiger partial charge is 0.478 e. The summed E-state index contributed by atoms with van der Waals surface area (Å²) in [5.41, 5.74) is -0.886. The molecule has 76 valence electrons. The van der Waals surface area contributed by atoms with Crippen LogP contribution in [0.4, 0.5) is 8.78 Å². The molecule has 1 N–H and O–H groups in total. The minimum Gasteiger partial charge on any atom is -0.478 e. The summed E-state index contributed by atoms with van der Waals surface area (Å²) in [6.45, 7) is 0. The van der Waals surface area contributed by atoms with E-state index < -0.39 is 23.2 Å². The molecule has 0 atom stereocenters. The molecule has 0 saturated carbocycles. The molecular formula is C7H3BrClF2NO2. The molecule has 0 radical (unpaired) electrons. The van der Waals surface area contributed by atoms with Gasteiger partial charge in [-0.25, -0.2) is 18.6 Å². The van der Waals surface area contributed by atoms with Crippen LogP contribution in [0, 0.1) is 0 Å². The first-order valence-electron chi connectivity index (χ1n) is 3.31. The molecule has 1 aromatic heterocycles. The Balaban J connectivity index is 3.31. The lowest BCUT2D eigenvalue weighted by Gasteiger charge is -2.04. The third-order valence-corrected chi connectivity index (χ3v) is 2.32. The van der Waals surface area contributed by atoms with Gasteiger partial charge in [0.25, 0.3) is 6.43 Å². The van der Waals surface area contributed by atoms with Crippen molar-refractivity contribution in [1.29, 1.82) is 0 Å². The van der Waals surface area contributed by atoms with Crippen LogP contribution in [-0.4, -0.2) is 16.1 Å². The van der Waals surface area contributed by atoms with E-state index in [9.17, 15) is 13.6 Å². The molecule has 14 heavy (non-hydrogen) atoms. The average Bonchev–Trinajstić information content (AvgIpc) is 2.07. The molecule has 0 aromatic carbocycles. The van der Waals surface area contributed by atoms with Crippen LogP contribution < -0.4 is 0 Å². The van der Waals surface area contributed by atoms with Gasteiger partial charge < -0.3 is 5.11 Å². The second kappa shape index (κ2) is 4.18. The van der Waals surface area contributed by atoms with E-state index in [0.29, 0.717) is 0 Å². The van der Waals surface area contributed by atoms with Crippen LogP contribution in [0.1, 0.15) is 22.5 Å². The van der Waals surface area contributed by atoms with Crippen molar-refractivity contribution in [3.63, 3.8) is 0 Å². The van der Waals surface area contributed by atoms with E-state index in [1.54, 1.807) is 0 Å². The number of hydrogen-bond acceptors (Lipinski definition) is 2. The zero-order valence-corrected chi connectivity index (χ0v) is 8.81. The lowest BCUT2D eigenvalue weighted by molar-refractivity contribution is 0.0695. The van der Waals surface area contributed by atoms with Crippen molar-refractivity contribution in [3.8, 4) is 0 Å². The summed E-state index contributed by atoms with van der Waals surface area (Å²) in [5, 5.41) is 8.14. The highest BCUT2D eigenvalue weighted by molar-refractivity contribution is 9.10. The molecule has 7 heteroatoms. The summed E-state index contributed by atoms with van der Waals surface area (Å²) in [4.78, 5) is 13.8. The van der Waals surface area contributed by atoms with Gasteiger partial charge in [0.2, 0.25) is 0 Å². The van der Waals surface area contributed by atoms with Gasteiger partial charge in [0, 0.05) is 4.47 Å². The van der Waals surface area contributed by atoms with E-state index >= 15 is 0 Å². The number of rotatable bonds is 2. The SMILES string of the molecule is O=C(O)c1cc(Br)c(C(F)F)nc1Cl. The van der Waals surface area contributed by atoms with E-state index in [-0.39, 0.29) is 10.0 Å². The Kier molecular flexibility index (Phi) is 3.38. The third kappa shape index (κ3) is 2.19. The molecule has 0 amide bonds. The molecule has 3 nitrogen and oxygen atoms in total. The number of aromatic nitrogens is 1. The van der Waals surface area contributed by atoms with Gasteiger partial charge in [-0.05, 0) is 22.0 Å². The van der Waals surface area contributed by atoms with Gasteiger partial charge in [0.05, 0.1) is 5.56 Å². The molecule has 1 aromatic rings. The number of carboxylic acids is 1. The number of aromatic carboxylic acids is 1. The smallest absolute Gasteiger partial charge is 0.338 e. The van der Waals surface area contributed by atoms with Crippen LogP contribution in [0.5, 0.6) is 0 Å². The quantitative estimate of drug-likeness (QED) is 0.850. The first-order chi connectivity index (χ1) is 6.43. The monoisotopic (exact) mass is 285 g/mol. The summed E-state index contributed by atoms with van der Waals surface area (Å²) in [7, 11) is 0. The van der Waals surface area contributed by atoms with Crippen molar-refractivity contribution in [3.05, 3.63) is 26.9 Å². The molecule has 0 aliphatic heterocycles. The fraction of sp³-hybridized carbons (Fsp3) is 0.143. The molecule has 0 fully saturated rings. The van der Waals surface area contributed by atoms with Gasteiger partial charge >= 0.3 is 5.97 Å². The summed E-state index contributed by atoms with van der Waals surface area (Å²) < 4.78 is 24.4. The van der Waals surface area contributed by atoms with Crippen LogP contribution in [0.15, 0.2) is 10.5 Å². The maximum Gasteiger partial charge on any atom is 0.338 e. The maximum absolute atomic E-state index is 12.2. The van der Waals surface area contributed by atoms with Gasteiger partial charge in [-0.2, -0.15) is 0 Å². The second-order valence-electron chi connectivity index (χ2n) is 2.30. The summed E-state index contributed by atoms with van der Waals surface area (Å²) >= 11 is 8.18. The van der Waals surface area contributed by atoms with Crippen molar-refractivity contribution >= 4 is 33.5 Å². The van der Waals surface area contributed by atoms with Crippen LogP contribution in [0.3, 0.4) is 0 Å². The van der Waals surface area contributed by atoms with Gasteiger partial charge in [-0.1, -0.05) is 11.6 Å². The highest BCUT2D eigenvalue weighted by atomic mass is 79.9. The Bertz CT molecular complexity index is 386. The summed E-state index contributed by atoms with van der Waals surface area (Å²) in [6, 6.07) is 0.999. The first kappa shape index (κ1) is 11.3. The van der Waals surface area contributed by atoms with Crippen LogP contribution in [-0.2, 0) is 0 Å². The molecule has 0 saturated heterocycles. The standard InChI is InChI=1S/C7H3BrClF2NO2/c8-3-1-2(7(13)14)5(9)12-4(3)6(10)11/h1,6H,(H,13,14). The van der Waals surface area contributed by atoms with E-state index in [2.05, 4.69) is 20.9 Å². The zero-order chi connectivity index (χ0) is 10.9. The topological polar surface area (TPSA) is 50.2 Å². The van der Waals surface area contributed by atoms with Gasteiger partial charge in [-0.15, -0.1) is 0 Å². The van der Waals surface area contributed by atoms with E-state index in [4.69, 9.17) is 16.7 Å². The van der Waals surface area contributed by atoms with Crippen LogP contribution in [0.2, 0.25) is 5.15 Å². The maximum atomic E-state index is 12.2. The van der Waals surface area contributed by atoms with Crippen molar-refractivity contribution in [2.75, 3.05) is 0 Å². The fourth-order valence-corrected chi connectivity index (χ4v) is 1.50. The predicted octanol–water partition coefficient (Wildman–Crippen LogP) is 3.13. The number of alkyl halides is 2. The molecule has 1 rings (SSSR count). The Hall–Kier alpha value is -0.750. The fourth-order valence-electron chi connectivity index (χ4n) is 0.783. The Morgan fingerprint density at radius 2 is 2.21 bits per heavy atom. The van der Waals surface area contributed by atoms with Gasteiger partial charge in [-0.3, -0.25) is 0 Å². The van der Waals surface area contributed by atoms with Crippen LogP contribution in [0.25, 0.3) is 0 Å². The second-order valence-corrected chi connectivity index (χ2v) is 3.51. The number of carbonyl (C=O) groups is 1.